The maximum Gasteiger partial charge on any atom is 0.337 e. The van der Waals surface area contributed by atoms with Gasteiger partial charge in [0, 0.05) is 20.2 Å². The van der Waals surface area contributed by atoms with E-state index in [0.29, 0.717) is 25.3 Å². The van der Waals surface area contributed by atoms with Crippen LogP contribution in [0.1, 0.15) is 23.0 Å². The normalized spacial score (nSPS) is 11.6. The summed E-state index contributed by atoms with van der Waals surface area (Å²) in [7, 11) is 0.122. The number of carbonyl (C=O) groups excluding carboxylic acids is 1. The molecule has 1 aromatic carbocycles. The summed E-state index contributed by atoms with van der Waals surface area (Å²) in [5.74, 6) is -1.06. The first kappa shape index (κ1) is 20.3. The van der Waals surface area contributed by atoms with Crippen molar-refractivity contribution >= 4 is 14.0 Å². The van der Waals surface area contributed by atoms with Gasteiger partial charge in [0.05, 0.1) is 30.4 Å². The molecule has 5 nitrogen and oxygen atoms in total. The lowest BCUT2D eigenvalue weighted by atomic mass is 10.0. The maximum atomic E-state index is 14.1. The fourth-order valence-corrected chi connectivity index (χ4v) is 3.37. The zero-order chi connectivity index (χ0) is 19.3. The molecule has 142 valence electrons. The molecule has 0 spiro atoms. The van der Waals surface area contributed by atoms with Crippen LogP contribution >= 0.6 is 0 Å². The van der Waals surface area contributed by atoms with Crippen molar-refractivity contribution in [3.8, 4) is 11.3 Å². The average Bonchev–Trinajstić information content (AvgIpc) is 2.99. The number of halogens is 1. The van der Waals surface area contributed by atoms with Gasteiger partial charge in [-0.15, -0.1) is 0 Å². The van der Waals surface area contributed by atoms with Crippen molar-refractivity contribution in [2.75, 3.05) is 13.7 Å². The van der Waals surface area contributed by atoms with E-state index in [0.717, 1.165) is 17.4 Å². The van der Waals surface area contributed by atoms with E-state index in [1.807, 2.05) is 11.5 Å². The number of esters is 1. The van der Waals surface area contributed by atoms with E-state index in [9.17, 15) is 9.18 Å². The Balaban J connectivity index is 2.29. The molecule has 2 rings (SSSR count). The summed E-state index contributed by atoms with van der Waals surface area (Å²) in [6, 6.07) is 5.28. The van der Waals surface area contributed by atoms with Gasteiger partial charge >= 0.3 is 5.97 Å². The van der Waals surface area contributed by atoms with E-state index >= 15 is 0 Å². The summed E-state index contributed by atoms with van der Waals surface area (Å²) >= 11 is 0. The Morgan fingerprint density at radius 3 is 2.62 bits per heavy atom. The van der Waals surface area contributed by atoms with Gasteiger partial charge in [-0.2, -0.15) is 0 Å². The molecule has 0 fully saturated rings. The molecular formula is C19H27FN2O3Si. The van der Waals surface area contributed by atoms with Crippen molar-refractivity contribution in [1.29, 1.82) is 0 Å². The lowest BCUT2D eigenvalue weighted by Crippen LogP contribution is -2.22. The van der Waals surface area contributed by atoms with Crippen molar-refractivity contribution in [2.45, 2.75) is 45.8 Å². The van der Waals surface area contributed by atoms with E-state index in [1.165, 1.54) is 19.2 Å². The zero-order valence-electron chi connectivity index (χ0n) is 16.1. The van der Waals surface area contributed by atoms with Gasteiger partial charge < -0.3 is 14.0 Å². The third-order valence-electron chi connectivity index (χ3n) is 4.07. The minimum atomic E-state index is -1.16. The third-order valence-corrected chi connectivity index (χ3v) is 5.77. The fraction of sp³-hybridized carbons (Fsp3) is 0.474. The van der Waals surface area contributed by atoms with E-state index < -0.39 is 19.9 Å². The number of aryl methyl sites for hydroxylation is 1. The van der Waals surface area contributed by atoms with Crippen LogP contribution in [0.15, 0.2) is 24.5 Å². The first-order chi connectivity index (χ1) is 12.2. The molecule has 0 saturated carbocycles. The largest absolute Gasteiger partial charge is 0.465 e. The van der Waals surface area contributed by atoms with Crippen molar-refractivity contribution in [2.24, 2.45) is 0 Å². The fourth-order valence-electron chi connectivity index (χ4n) is 2.62. The minimum absolute atomic E-state index is 0.178. The van der Waals surface area contributed by atoms with E-state index in [1.54, 1.807) is 12.4 Å². The molecule has 0 unspecified atom stereocenters. The number of methoxy groups -OCH3 is 1. The Morgan fingerprint density at radius 1 is 1.27 bits per heavy atom. The van der Waals surface area contributed by atoms with Crippen LogP contribution in [0.4, 0.5) is 4.39 Å². The van der Waals surface area contributed by atoms with Crippen LogP contribution in [0.2, 0.25) is 25.7 Å². The van der Waals surface area contributed by atoms with Crippen LogP contribution in [0.5, 0.6) is 0 Å². The van der Waals surface area contributed by atoms with Crippen LogP contribution in [0, 0.1) is 5.82 Å². The quantitative estimate of drug-likeness (QED) is 0.389. The number of imidazole rings is 1. The highest BCUT2D eigenvalue weighted by atomic mass is 28.3. The molecule has 0 radical (unpaired) electrons. The van der Waals surface area contributed by atoms with Crippen molar-refractivity contribution < 1.29 is 18.7 Å². The molecule has 0 amide bonds. The monoisotopic (exact) mass is 378 g/mol. The number of ether oxygens (including phenoxy) is 2. The molecule has 0 saturated heterocycles. The summed E-state index contributed by atoms with van der Waals surface area (Å²) in [6.07, 6.45) is 2.40. The number of rotatable bonds is 8. The highest BCUT2D eigenvalue weighted by Gasteiger charge is 2.17. The van der Waals surface area contributed by atoms with Crippen LogP contribution < -0.4 is 0 Å². The minimum Gasteiger partial charge on any atom is -0.465 e. The van der Waals surface area contributed by atoms with E-state index in [2.05, 4.69) is 24.6 Å². The number of hydrogen-bond acceptors (Lipinski definition) is 4. The standard InChI is InChI=1S/C19H27FN2O3Si/c1-6-17-18(14-9-15(19(23)24-2)11-16(20)10-14)22(12-21-17)13-25-7-8-26(3,4)5/h9-12H,6-8,13H2,1-5H3. The molecule has 0 aliphatic rings. The second-order valence-corrected chi connectivity index (χ2v) is 13.1. The molecule has 1 heterocycles. The number of benzene rings is 1. The van der Waals surface area contributed by atoms with Gasteiger partial charge in [-0.25, -0.2) is 14.2 Å². The predicted octanol–water partition coefficient (Wildman–Crippen LogP) is 4.35. The Hall–Kier alpha value is -1.99. The second kappa shape index (κ2) is 8.59. The molecular weight excluding hydrogens is 351 g/mol. The number of hydrogen-bond donors (Lipinski definition) is 0. The Labute approximate surface area is 155 Å². The summed E-state index contributed by atoms with van der Waals surface area (Å²) < 4.78 is 26.4. The van der Waals surface area contributed by atoms with Crippen molar-refractivity contribution in [3.05, 3.63) is 41.6 Å². The Morgan fingerprint density at radius 2 is 2.00 bits per heavy atom. The van der Waals surface area contributed by atoms with Gasteiger partial charge in [-0.1, -0.05) is 26.6 Å². The van der Waals surface area contributed by atoms with Gasteiger partial charge in [-0.05, 0) is 30.7 Å². The highest BCUT2D eigenvalue weighted by Crippen LogP contribution is 2.26. The predicted molar refractivity (Wildman–Crippen MR) is 102 cm³/mol. The number of carbonyl (C=O) groups is 1. The smallest absolute Gasteiger partial charge is 0.337 e. The molecule has 7 heteroatoms. The Kier molecular flexibility index (Phi) is 6.72. The lowest BCUT2D eigenvalue weighted by Gasteiger charge is -2.16. The van der Waals surface area contributed by atoms with Crippen LogP contribution in [0.25, 0.3) is 11.3 Å². The summed E-state index contributed by atoms with van der Waals surface area (Å²) in [6.45, 7) is 9.92. The van der Waals surface area contributed by atoms with Gasteiger partial charge in [0.15, 0.2) is 0 Å². The SMILES string of the molecule is CCc1ncn(COCC[Si](C)(C)C)c1-c1cc(F)cc(C(=O)OC)c1. The summed E-state index contributed by atoms with van der Waals surface area (Å²) in [5.41, 5.74) is 2.37. The van der Waals surface area contributed by atoms with Crippen LogP contribution in [-0.4, -0.2) is 37.3 Å². The summed E-state index contributed by atoms with van der Waals surface area (Å²) in [5, 5.41) is 0. The maximum absolute atomic E-state index is 14.1. The average molecular weight is 379 g/mol. The van der Waals surface area contributed by atoms with E-state index in [4.69, 9.17) is 9.47 Å². The van der Waals surface area contributed by atoms with Crippen LogP contribution in [-0.2, 0) is 22.6 Å². The van der Waals surface area contributed by atoms with Gasteiger partial charge in [0.1, 0.15) is 12.5 Å². The van der Waals surface area contributed by atoms with Gasteiger partial charge in [-0.3, -0.25) is 0 Å². The molecule has 0 aliphatic heterocycles. The molecule has 0 atom stereocenters. The molecule has 0 N–H and O–H groups in total. The van der Waals surface area contributed by atoms with Gasteiger partial charge in [0.25, 0.3) is 0 Å². The molecule has 0 aliphatic carbocycles. The van der Waals surface area contributed by atoms with E-state index in [-0.39, 0.29) is 5.56 Å². The second-order valence-electron chi connectivity index (χ2n) is 7.43. The highest BCUT2D eigenvalue weighted by molar-refractivity contribution is 6.76. The van der Waals surface area contributed by atoms with Crippen LogP contribution in [0.3, 0.4) is 0 Å². The van der Waals surface area contributed by atoms with Crippen molar-refractivity contribution in [3.63, 3.8) is 0 Å². The topological polar surface area (TPSA) is 53.4 Å². The zero-order valence-corrected chi connectivity index (χ0v) is 17.1. The Bertz CT molecular complexity index is 769. The summed E-state index contributed by atoms with van der Waals surface area (Å²) in [4.78, 5) is 16.2. The lowest BCUT2D eigenvalue weighted by molar-refractivity contribution is 0.0600. The van der Waals surface area contributed by atoms with Gasteiger partial charge in [0.2, 0.25) is 0 Å². The molecule has 26 heavy (non-hydrogen) atoms. The number of aromatic nitrogens is 2. The molecule has 2 aromatic rings. The first-order valence-electron chi connectivity index (χ1n) is 8.76. The third kappa shape index (κ3) is 5.25. The molecule has 0 bridgehead atoms. The first-order valence-corrected chi connectivity index (χ1v) is 12.5. The molecule has 1 aromatic heterocycles. The van der Waals surface area contributed by atoms with Crippen molar-refractivity contribution in [1.82, 2.24) is 9.55 Å². The number of nitrogens with zero attached hydrogens (tertiary/aromatic N) is 2.